The van der Waals surface area contributed by atoms with E-state index in [0.29, 0.717) is 5.56 Å². The molecule has 1 aromatic rings. The Hall–Kier alpha value is -1.95. The zero-order valence-electron chi connectivity index (χ0n) is 12.4. The van der Waals surface area contributed by atoms with Gasteiger partial charge in [0.05, 0.1) is 10.8 Å². The zero-order valence-corrected chi connectivity index (χ0v) is 12.4. The first kappa shape index (κ1) is 15.4. The Balaban J connectivity index is 2.08. The summed E-state index contributed by atoms with van der Waals surface area (Å²) in [5, 5.41) is 17.2. The summed E-state index contributed by atoms with van der Waals surface area (Å²) in [7, 11) is 0. The molecule has 0 saturated carbocycles. The van der Waals surface area contributed by atoms with Crippen molar-refractivity contribution in [3.63, 3.8) is 0 Å². The summed E-state index contributed by atoms with van der Waals surface area (Å²) in [6.45, 7) is 5.61. The maximum atomic E-state index is 12.4. The number of nitrogens with zero attached hydrogens (tertiary/aromatic N) is 1. The molecule has 1 saturated heterocycles. The van der Waals surface area contributed by atoms with Gasteiger partial charge in [-0.05, 0) is 45.3 Å². The van der Waals surface area contributed by atoms with Crippen molar-refractivity contribution >= 4 is 11.6 Å². The second-order valence-corrected chi connectivity index (χ2v) is 5.87. The standard InChI is InChI=1S/C15H21N3O3/c1-11(12-4-3-5-13(10-12)18(20)21)14(19)17-15(2)6-8-16-9-7-15/h3-5,10-11,16H,6-9H2,1-2H3,(H,17,19). The molecule has 1 aliphatic rings. The molecule has 0 radical (unpaired) electrons. The van der Waals surface area contributed by atoms with Gasteiger partial charge < -0.3 is 10.6 Å². The van der Waals surface area contributed by atoms with Crippen LogP contribution in [0.15, 0.2) is 24.3 Å². The third kappa shape index (κ3) is 3.78. The van der Waals surface area contributed by atoms with Crippen LogP contribution in [-0.2, 0) is 4.79 Å². The first-order chi connectivity index (χ1) is 9.91. The van der Waals surface area contributed by atoms with Crippen LogP contribution < -0.4 is 10.6 Å². The normalized spacial score (nSPS) is 18.8. The van der Waals surface area contributed by atoms with E-state index < -0.39 is 10.8 Å². The van der Waals surface area contributed by atoms with Crippen LogP contribution in [0.25, 0.3) is 0 Å². The van der Waals surface area contributed by atoms with Crippen LogP contribution in [0.2, 0.25) is 0 Å². The number of non-ortho nitro benzene ring substituents is 1. The van der Waals surface area contributed by atoms with Gasteiger partial charge >= 0.3 is 0 Å². The molecule has 1 atom stereocenters. The molecule has 2 rings (SSSR count). The van der Waals surface area contributed by atoms with E-state index in [9.17, 15) is 14.9 Å². The molecule has 0 aliphatic carbocycles. The van der Waals surface area contributed by atoms with Crippen LogP contribution in [0.1, 0.15) is 38.2 Å². The number of rotatable bonds is 4. The summed E-state index contributed by atoms with van der Waals surface area (Å²) >= 11 is 0. The smallest absolute Gasteiger partial charge is 0.269 e. The molecular weight excluding hydrogens is 270 g/mol. The van der Waals surface area contributed by atoms with Gasteiger partial charge in [0.25, 0.3) is 5.69 Å². The second-order valence-electron chi connectivity index (χ2n) is 5.87. The van der Waals surface area contributed by atoms with Crippen molar-refractivity contribution in [2.45, 2.75) is 38.1 Å². The van der Waals surface area contributed by atoms with Crippen molar-refractivity contribution in [1.29, 1.82) is 0 Å². The SMILES string of the molecule is CC(C(=O)NC1(C)CCNCC1)c1cccc([N+](=O)[O-])c1. The molecule has 1 aromatic carbocycles. The number of hydrogen-bond acceptors (Lipinski definition) is 4. The number of nitro groups is 1. The molecule has 114 valence electrons. The first-order valence-electron chi connectivity index (χ1n) is 7.18. The first-order valence-corrected chi connectivity index (χ1v) is 7.18. The minimum absolute atomic E-state index is 0.0141. The van der Waals surface area contributed by atoms with Crippen LogP contribution in [0, 0.1) is 10.1 Å². The van der Waals surface area contributed by atoms with E-state index in [0.717, 1.165) is 25.9 Å². The number of nitro benzene ring substituents is 1. The Morgan fingerprint density at radius 3 is 2.71 bits per heavy atom. The van der Waals surface area contributed by atoms with E-state index in [-0.39, 0.29) is 17.1 Å². The molecule has 2 N–H and O–H groups in total. The fourth-order valence-corrected chi connectivity index (χ4v) is 2.57. The highest BCUT2D eigenvalue weighted by Crippen LogP contribution is 2.23. The highest BCUT2D eigenvalue weighted by molar-refractivity contribution is 5.84. The maximum Gasteiger partial charge on any atom is 0.269 e. The topological polar surface area (TPSA) is 84.3 Å². The minimum atomic E-state index is -0.442. The molecule has 1 aliphatic heterocycles. The van der Waals surface area contributed by atoms with Gasteiger partial charge in [0, 0.05) is 17.7 Å². The Bertz CT molecular complexity index is 539. The van der Waals surface area contributed by atoms with E-state index in [1.165, 1.54) is 12.1 Å². The second kappa shape index (κ2) is 6.22. The number of benzene rings is 1. The monoisotopic (exact) mass is 291 g/mol. The van der Waals surface area contributed by atoms with Crippen LogP contribution in [-0.4, -0.2) is 29.5 Å². The molecule has 1 heterocycles. The highest BCUT2D eigenvalue weighted by Gasteiger charge is 2.30. The fraction of sp³-hybridized carbons (Fsp3) is 0.533. The molecule has 1 amide bonds. The van der Waals surface area contributed by atoms with Gasteiger partial charge in [0.2, 0.25) is 5.91 Å². The lowest BCUT2D eigenvalue weighted by molar-refractivity contribution is -0.384. The molecular formula is C15H21N3O3. The Kier molecular flexibility index (Phi) is 4.57. The molecule has 0 spiro atoms. The largest absolute Gasteiger partial charge is 0.350 e. The van der Waals surface area contributed by atoms with Crippen LogP contribution in [0.5, 0.6) is 0 Å². The van der Waals surface area contributed by atoms with Crippen molar-refractivity contribution in [1.82, 2.24) is 10.6 Å². The molecule has 6 heteroatoms. The van der Waals surface area contributed by atoms with Crippen LogP contribution >= 0.6 is 0 Å². The van der Waals surface area contributed by atoms with Gasteiger partial charge in [-0.1, -0.05) is 12.1 Å². The lowest BCUT2D eigenvalue weighted by atomic mass is 9.89. The van der Waals surface area contributed by atoms with E-state index >= 15 is 0 Å². The van der Waals surface area contributed by atoms with E-state index in [1.807, 2.05) is 6.92 Å². The van der Waals surface area contributed by atoms with Crippen molar-refractivity contribution < 1.29 is 9.72 Å². The van der Waals surface area contributed by atoms with Crippen molar-refractivity contribution in [3.8, 4) is 0 Å². The van der Waals surface area contributed by atoms with E-state index in [1.54, 1.807) is 19.1 Å². The van der Waals surface area contributed by atoms with Gasteiger partial charge in [-0.2, -0.15) is 0 Å². The lowest BCUT2D eigenvalue weighted by Gasteiger charge is -2.35. The number of nitrogens with one attached hydrogen (secondary N) is 2. The molecule has 6 nitrogen and oxygen atoms in total. The van der Waals surface area contributed by atoms with Crippen LogP contribution in [0.3, 0.4) is 0 Å². The zero-order chi connectivity index (χ0) is 15.5. The summed E-state index contributed by atoms with van der Waals surface area (Å²) in [5.41, 5.74) is 0.483. The number of hydrogen-bond donors (Lipinski definition) is 2. The summed E-state index contributed by atoms with van der Waals surface area (Å²) in [6, 6.07) is 6.27. The molecule has 21 heavy (non-hydrogen) atoms. The molecule has 1 unspecified atom stereocenters. The van der Waals surface area contributed by atoms with Gasteiger partial charge in [0.1, 0.15) is 0 Å². The minimum Gasteiger partial charge on any atom is -0.350 e. The lowest BCUT2D eigenvalue weighted by Crippen LogP contribution is -2.53. The fourth-order valence-electron chi connectivity index (χ4n) is 2.57. The number of amides is 1. The van der Waals surface area contributed by atoms with Crippen molar-refractivity contribution in [2.24, 2.45) is 0 Å². The number of carbonyl (C=O) groups is 1. The predicted octanol–water partition coefficient (Wildman–Crippen LogP) is 1.96. The quantitative estimate of drug-likeness (QED) is 0.656. The van der Waals surface area contributed by atoms with Gasteiger partial charge in [0.15, 0.2) is 0 Å². The Labute approximate surface area is 124 Å². The molecule has 1 fully saturated rings. The average Bonchev–Trinajstić information content (AvgIpc) is 2.46. The number of carbonyl (C=O) groups excluding carboxylic acids is 1. The van der Waals surface area contributed by atoms with Gasteiger partial charge in [-0.15, -0.1) is 0 Å². The summed E-state index contributed by atoms with van der Waals surface area (Å²) in [5.74, 6) is -0.489. The Morgan fingerprint density at radius 1 is 1.43 bits per heavy atom. The average molecular weight is 291 g/mol. The Morgan fingerprint density at radius 2 is 2.10 bits per heavy atom. The third-order valence-corrected chi connectivity index (χ3v) is 4.11. The van der Waals surface area contributed by atoms with Crippen molar-refractivity contribution in [2.75, 3.05) is 13.1 Å². The molecule has 0 bridgehead atoms. The van der Waals surface area contributed by atoms with Gasteiger partial charge in [-0.3, -0.25) is 14.9 Å². The summed E-state index contributed by atoms with van der Waals surface area (Å²) < 4.78 is 0. The van der Waals surface area contributed by atoms with E-state index in [4.69, 9.17) is 0 Å². The molecule has 0 aromatic heterocycles. The predicted molar refractivity (Wildman–Crippen MR) is 80.2 cm³/mol. The van der Waals surface area contributed by atoms with Crippen molar-refractivity contribution in [3.05, 3.63) is 39.9 Å². The van der Waals surface area contributed by atoms with Gasteiger partial charge in [-0.25, -0.2) is 0 Å². The maximum absolute atomic E-state index is 12.4. The third-order valence-electron chi connectivity index (χ3n) is 4.11. The summed E-state index contributed by atoms with van der Waals surface area (Å²) in [4.78, 5) is 22.8. The number of piperidine rings is 1. The summed E-state index contributed by atoms with van der Waals surface area (Å²) in [6.07, 6.45) is 1.78. The van der Waals surface area contributed by atoms with Crippen LogP contribution in [0.4, 0.5) is 5.69 Å². The van der Waals surface area contributed by atoms with E-state index in [2.05, 4.69) is 10.6 Å². The highest BCUT2D eigenvalue weighted by atomic mass is 16.6.